The number of halogens is 3. The predicted molar refractivity (Wildman–Crippen MR) is 66.1 cm³/mol. The van der Waals surface area contributed by atoms with Crippen LogP contribution in [-0.2, 0) is 6.61 Å². The highest BCUT2D eigenvalue weighted by Crippen LogP contribution is 2.32. The fourth-order valence-corrected chi connectivity index (χ4v) is 2.72. The van der Waals surface area contributed by atoms with E-state index < -0.39 is 12.7 Å². The Labute approximate surface area is 108 Å². The Morgan fingerprint density at radius 1 is 1.39 bits per heavy atom. The molecule has 0 spiro atoms. The van der Waals surface area contributed by atoms with Gasteiger partial charge in [0.1, 0.15) is 6.54 Å². The minimum atomic E-state index is -4.25. The summed E-state index contributed by atoms with van der Waals surface area (Å²) in [6, 6.07) is 0. The van der Waals surface area contributed by atoms with Crippen molar-refractivity contribution in [3.63, 3.8) is 0 Å². The summed E-state index contributed by atoms with van der Waals surface area (Å²) in [4.78, 5) is 6.04. The highest BCUT2D eigenvalue weighted by atomic mass is 32.1. The van der Waals surface area contributed by atoms with Crippen LogP contribution in [0.2, 0.25) is 0 Å². The second-order valence-corrected chi connectivity index (χ2v) is 5.31. The fraction of sp³-hybridized carbons (Fsp3) is 0.727. The van der Waals surface area contributed by atoms with Crippen LogP contribution < -0.4 is 4.90 Å². The van der Waals surface area contributed by atoms with Crippen LogP contribution in [-0.4, -0.2) is 29.4 Å². The van der Waals surface area contributed by atoms with E-state index in [1.54, 1.807) is 6.92 Å². The Bertz CT molecular complexity index is 390. The molecule has 1 aromatic rings. The SMILES string of the molecule is CCN(CC(F)(F)F)c1nc(C(C)C)c(CO)s1. The van der Waals surface area contributed by atoms with Crippen LogP contribution in [0.15, 0.2) is 0 Å². The first-order valence-corrected chi connectivity index (χ1v) is 6.52. The molecule has 0 unspecified atom stereocenters. The summed E-state index contributed by atoms with van der Waals surface area (Å²) in [5, 5.41) is 9.52. The molecule has 0 amide bonds. The van der Waals surface area contributed by atoms with Crippen molar-refractivity contribution in [1.82, 2.24) is 4.98 Å². The quantitative estimate of drug-likeness (QED) is 0.901. The molecule has 0 radical (unpaired) electrons. The van der Waals surface area contributed by atoms with Gasteiger partial charge in [-0.15, -0.1) is 0 Å². The van der Waals surface area contributed by atoms with Crippen molar-refractivity contribution in [2.24, 2.45) is 0 Å². The molecule has 0 saturated carbocycles. The summed E-state index contributed by atoms with van der Waals surface area (Å²) in [7, 11) is 0. The Morgan fingerprint density at radius 2 is 2.00 bits per heavy atom. The van der Waals surface area contributed by atoms with E-state index in [1.165, 1.54) is 4.90 Å². The predicted octanol–water partition coefficient (Wildman–Crippen LogP) is 3.15. The molecular weight excluding hydrogens is 265 g/mol. The molecule has 0 atom stereocenters. The van der Waals surface area contributed by atoms with Gasteiger partial charge in [0.2, 0.25) is 0 Å². The van der Waals surface area contributed by atoms with Crippen molar-refractivity contribution in [3.05, 3.63) is 10.6 Å². The topological polar surface area (TPSA) is 36.4 Å². The summed E-state index contributed by atoms with van der Waals surface area (Å²) in [6.07, 6.45) is -4.25. The zero-order valence-electron chi connectivity index (χ0n) is 10.6. The monoisotopic (exact) mass is 282 g/mol. The summed E-state index contributed by atoms with van der Waals surface area (Å²) >= 11 is 1.13. The molecule has 18 heavy (non-hydrogen) atoms. The highest BCUT2D eigenvalue weighted by molar-refractivity contribution is 7.15. The van der Waals surface area contributed by atoms with Crippen LogP contribution in [0.1, 0.15) is 37.3 Å². The van der Waals surface area contributed by atoms with Crippen molar-refractivity contribution in [3.8, 4) is 0 Å². The molecule has 3 nitrogen and oxygen atoms in total. The van der Waals surface area contributed by atoms with E-state index in [9.17, 15) is 18.3 Å². The maximum absolute atomic E-state index is 12.4. The minimum Gasteiger partial charge on any atom is -0.391 e. The van der Waals surface area contributed by atoms with E-state index in [0.29, 0.717) is 15.7 Å². The number of hydrogen-bond donors (Lipinski definition) is 1. The summed E-state index contributed by atoms with van der Waals surface area (Å²) in [5.74, 6) is 0.0849. The second kappa shape index (κ2) is 5.88. The summed E-state index contributed by atoms with van der Waals surface area (Å²) in [6.45, 7) is 4.49. The van der Waals surface area contributed by atoms with Crippen molar-refractivity contribution in [2.45, 2.75) is 39.5 Å². The average Bonchev–Trinajstić information content (AvgIpc) is 2.68. The van der Waals surface area contributed by atoms with E-state index in [-0.39, 0.29) is 19.1 Å². The number of aliphatic hydroxyl groups is 1. The van der Waals surface area contributed by atoms with Crippen molar-refractivity contribution < 1.29 is 18.3 Å². The molecule has 7 heteroatoms. The van der Waals surface area contributed by atoms with Gasteiger partial charge < -0.3 is 10.0 Å². The molecule has 1 heterocycles. The van der Waals surface area contributed by atoms with Gasteiger partial charge in [-0.25, -0.2) is 4.98 Å². The fourth-order valence-electron chi connectivity index (χ4n) is 1.58. The maximum atomic E-state index is 12.4. The standard InChI is InChI=1S/C11H17F3N2OS/c1-4-16(6-11(12,13)14)10-15-9(7(2)3)8(5-17)18-10/h7,17H,4-6H2,1-3H3. The largest absolute Gasteiger partial charge is 0.406 e. The molecule has 104 valence electrons. The third-order valence-electron chi connectivity index (χ3n) is 2.43. The van der Waals surface area contributed by atoms with Gasteiger partial charge >= 0.3 is 6.18 Å². The smallest absolute Gasteiger partial charge is 0.391 e. The van der Waals surface area contributed by atoms with Crippen LogP contribution in [0.25, 0.3) is 0 Å². The van der Waals surface area contributed by atoms with E-state index in [2.05, 4.69) is 4.98 Å². The Hall–Kier alpha value is -0.820. The number of thiazole rings is 1. The number of aromatic nitrogens is 1. The van der Waals surface area contributed by atoms with E-state index in [4.69, 9.17) is 0 Å². The third kappa shape index (κ3) is 3.84. The number of nitrogens with zero attached hydrogens (tertiary/aromatic N) is 2. The van der Waals surface area contributed by atoms with Crippen molar-refractivity contribution in [1.29, 1.82) is 0 Å². The van der Waals surface area contributed by atoms with Gasteiger partial charge in [-0.3, -0.25) is 0 Å². The summed E-state index contributed by atoms with van der Waals surface area (Å²) in [5.41, 5.74) is 0.679. The lowest BCUT2D eigenvalue weighted by Gasteiger charge is -2.21. The second-order valence-electron chi connectivity index (χ2n) is 4.25. The van der Waals surface area contributed by atoms with Gasteiger partial charge in [-0.2, -0.15) is 13.2 Å². The first-order valence-electron chi connectivity index (χ1n) is 5.70. The first kappa shape index (κ1) is 15.2. The van der Waals surface area contributed by atoms with Crippen LogP contribution in [0.4, 0.5) is 18.3 Å². The number of alkyl halides is 3. The lowest BCUT2D eigenvalue weighted by Crippen LogP contribution is -2.34. The normalized spacial score (nSPS) is 12.2. The molecule has 1 N–H and O–H groups in total. The van der Waals surface area contributed by atoms with Gasteiger partial charge in [-0.1, -0.05) is 25.2 Å². The Morgan fingerprint density at radius 3 is 2.33 bits per heavy atom. The first-order chi connectivity index (χ1) is 8.28. The molecule has 0 aliphatic heterocycles. The molecular formula is C11H17F3N2OS. The number of anilines is 1. The van der Waals surface area contributed by atoms with Gasteiger partial charge in [-0.05, 0) is 12.8 Å². The molecule has 0 bridgehead atoms. The Kier molecular flexibility index (Phi) is 4.98. The maximum Gasteiger partial charge on any atom is 0.406 e. The lowest BCUT2D eigenvalue weighted by molar-refractivity contribution is -0.119. The molecule has 0 saturated heterocycles. The van der Waals surface area contributed by atoms with Crippen LogP contribution in [0, 0.1) is 0 Å². The zero-order chi connectivity index (χ0) is 13.9. The number of hydrogen-bond acceptors (Lipinski definition) is 4. The molecule has 0 aromatic carbocycles. The van der Waals surface area contributed by atoms with Gasteiger partial charge in [0.15, 0.2) is 5.13 Å². The molecule has 1 aromatic heterocycles. The van der Waals surface area contributed by atoms with Crippen LogP contribution >= 0.6 is 11.3 Å². The van der Waals surface area contributed by atoms with E-state index in [0.717, 1.165) is 11.3 Å². The van der Waals surface area contributed by atoms with Gasteiger partial charge in [0.25, 0.3) is 0 Å². The zero-order valence-corrected chi connectivity index (χ0v) is 11.4. The number of rotatable bonds is 5. The highest BCUT2D eigenvalue weighted by Gasteiger charge is 2.31. The van der Waals surface area contributed by atoms with Crippen molar-refractivity contribution >= 4 is 16.5 Å². The molecule has 1 rings (SSSR count). The average molecular weight is 282 g/mol. The van der Waals surface area contributed by atoms with E-state index in [1.807, 2.05) is 13.8 Å². The van der Waals surface area contributed by atoms with Gasteiger partial charge in [0, 0.05) is 6.54 Å². The van der Waals surface area contributed by atoms with Crippen LogP contribution in [0.5, 0.6) is 0 Å². The van der Waals surface area contributed by atoms with Gasteiger partial charge in [0.05, 0.1) is 17.2 Å². The molecule has 0 aliphatic rings. The third-order valence-corrected chi connectivity index (χ3v) is 3.55. The minimum absolute atomic E-state index is 0.0849. The summed E-state index contributed by atoms with van der Waals surface area (Å²) < 4.78 is 37.2. The number of aliphatic hydroxyl groups excluding tert-OH is 1. The van der Waals surface area contributed by atoms with Crippen LogP contribution in [0.3, 0.4) is 0 Å². The van der Waals surface area contributed by atoms with E-state index >= 15 is 0 Å². The van der Waals surface area contributed by atoms with Crippen molar-refractivity contribution in [2.75, 3.05) is 18.0 Å². The lowest BCUT2D eigenvalue weighted by atomic mass is 10.1. The molecule has 0 fully saturated rings. The Balaban J connectivity index is 3.00. The molecule has 0 aliphatic carbocycles.